The Labute approximate surface area is 168 Å². The number of anilines is 1. The molecule has 0 spiro atoms. The molecule has 0 fully saturated rings. The van der Waals surface area contributed by atoms with Crippen molar-refractivity contribution in [2.45, 2.75) is 6.92 Å². The van der Waals surface area contributed by atoms with Crippen molar-refractivity contribution in [1.29, 1.82) is 0 Å². The Kier molecular flexibility index (Phi) is 7.90. The number of esters is 3. The third-order valence-electron chi connectivity index (χ3n) is 3.84. The van der Waals surface area contributed by atoms with E-state index in [0.29, 0.717) is 5.69 Å². The summed E-state index contributed by atoms with van der Waals surface area (Å²) >= 11 is 0. The standard InChI is InChI=1S/C21H21NO7/c1-3-28-19(24)13-22(15-9-5-4-6-10-15)18(23)14-29-21(26)17-12-8-7-11-16(17)20(25)27-2/h4-12H,3,13-14H2,1-2H3. The lowest BCUT2D eigenvalue weighted by molar-refractivity contribution is -0.142. The van der Waals surface area contributed by atoms with Crippen LogP contribution in [0.3, 0.4) is 0 Å². The molecule has 0 radical (unpaired) electrons. The molecule has 29 heavy (non-hydrogen) atoms. The van der Waals surface area contributed by atoms with Crippen LogP contribution in [0.4, 0.5) is 5.69 Å². The Bertz CT molecular complexity index is 880. The molecular formula is C21H21NO7. The summed E-state index contributed by atoms with van der Waals surface area (Å²) in [6.45, 7) is 0.887. The maximum Gasteiger partial charge on any atom is 0.339 e. The number of para-hydroxylation sites is 1. The summed E-state index contributed by atoms with van der Waals surface area (Å²) < 4.78 is 14.6. The highest BCUT2D eigenvalue weighted by Crippen LogP contribution is 2.15. The summed E-state index contributed by atoms with van der Waals surface area (Å²) in [6.07, 6.45) is 0. The fourth-order valence-corrected chi connectivity index (χ4v) is 2.50. The number of hydrogen-bond donors (Lipinski definition) is 0. The Balaban J connectivity index is 2.13. The lowest BCUT2D eigenvalue weighted by Crippen LogP contribution is -2.39. The first kappa shape index (κ1) is 21.6. The van der Waals surface area contributed by atoms with Gasteiger partial charge in [-0.1, -0.05) is 30.3 Å². The summed E-state index contributed by atoms with van der Waals surface area (Å²) in [7, 11) is 1.20. The van der Waals surface area contributed by atoms with Crippen LogP contribution in [0.2, 0.25) is 0 Å². The zero-order valence-electron chi connectivity index (χ0n) is 16.1. The summed E-state index contributed by atoms with van der Waals surface area (Å²) in [6, 6.07) is 14.4. The van der Waals surface area contributed by atoms with Crippen molar-refractivity contribution in [3.8, 4) is 0 Å². The van der Waals surface area contributed by atoms with Crippen molar-refractivity contribution in [3.63, 3.8) is 0 Å². The van der Waals surface area contributed by atoms with Gasteiger partial charge in [0.25, 0.3) is 5.91 Å². The van der Waals surface area contributed by atoms with Gasteiger partial charge in [0.15, 0.2) is 6.61 Å². The molecule has 0 atom stereocenters. The monoisotopic (exact) mass is 399 g/mol. The van der Waals surface area contributed by atoms with Crippen LogP contribution in [0.25, 0.3) is 0 Å². The molecule has 0 aliphatic rings. The van der Waals surface area contributed by atoms with Gasteiger partial charge < -0.3 is 14.2 Å². The number of benzene rings is 2. The maximum atomic E-state index is 12.6. The highest BCUT2D eigenvalue weighted by Gasteiger charge is 2.23. The minimum absolute atomic E-state index is 0.0243. The highest BCUT2D eigenvalue weighted by molar-refractivity contribution is 6.04. The molecule has 2 aromatic carbocycles. The Morgan fingerprint density at radius 1 is 0.828 bits per heavy atom. The Morgan fingerprint density at radius 3 is 2.00 bits per heavy atom. The Hall–Kier alpha value is -3.68. The van der Waals surface area contributed by atoms with E-state index in [2.05, 4.69) is 4.74 Å². The van der Waals surface area contributed by atoms with Crippen LogP contribution >= 0.6 is 0 Å². The number of nitrogens with zero attached hydrogens (tertiary/aromatic N) is 1. The lowest BCUT2D eigenvalue weighted by atomic mass is 10.1. The number of ether oxygens (including phenoxy) is 3. The summed E-state index contributed by atoms with van der Waals surface area (Å²) in [5.74, 6) is -2.76. The van der Waals surface area contributed by atoms with Gasteiger partial charge in [0.1, 0.15) is 6.54 Å². The molecule has 0 bridgehead atoms. The first-order valence-electron chi connectivity index (χ1n) is 8.83. The average Bonchev–Trinajstić information content (AvgIpc) is 2.75. The summed E-state index contributed by atoms with van der Waals surface area (Å²) in [5, 5.41) is 0. The van der Waals surface area contributed by atoms with Crippen molar-refractivity contribution in [3.05, 3.63) is 65.7 Å². The molecule has 0 saturated heterocycles. The van der Waals surface area contributed by atoms with E-state index in [1.807, 2.05) is 0 Å². The van der Waals surface area contributed by atoms with Gasteiger partial charge in [-0.05, 0) is 31.2 Å². The number of amides is 1. The predicted octanol–water partition coefficient (Wildman–Crippen LogP) is 2.23. The molecule has 152 valence electrons. The largest absolute Gasteiger partial charge is 0.465 e. The second-order valence-electron chi connectivity index (χ2n) is 5.73. The highest BCUT2D eigenvalue weighted by atomic mass is 16.5. The zero-order chi connectivity index (χ0) is 21.2. The SMILES string of the molecule is CCOC(=O)CN(C(=O)COC(=O)c1ccccc1C(=O)OC)c1ccccc1. The molecule has 2 aromatic rings. The van der Waals surface area contributed by atoms with E-state index in [1.54, 1.807) is 49.4 Å². The van der Waals surface area contributed by atoms with Gasteiger partial charge >= 0.3 is 17.9 Å². The average molecular weight is 399 g/mol. The van der Waals surface area contributed by atoms with Gasteiger partial charge in [-0.3, -0.25) is 14.5 Å². The molecule has 0 heterocycles. The minimum Gasteiger partial charge on any atom is -0.465 e. The van der Waals surface area contributed by atoms with Crippen molar-refractivity contribution in [2.24, 2.45) is 0 Å². The second kappa shape index (κ2) is 10.6. The topological polar surface area (TPSA) is 99.2 Å². The molecule has 8 nitrogen and oxygen atoms in total. The van der Waals surface area contributed by atoms with E-state index in [0.717, 1.165) is 4.90 Å². The molecule has 0 unspecified atom stereocenters. The van der Waals surface area contributed by atoms with E-state index >= 15 is 0 Å². The van der Waals surface area contributed by atoms with Gasteiger partial charge in [-0.2, -0.15) is 0 Å². The van der Waals surface area contributed by atoms with E-state index in [4.69, 9.17) is 9.47 Å². The van der Waals surface area contributed by atoms with E-state index < -0.39 is 30.4 Å². The van der Waals surface area contributed by atoms with Crippen LogP contribution < -0.4 is 4.90 Å². The first-order valence-corrected chi connectivity index (χ1v) is 8.83. The Morgan fingerprint density at radius 2 is 1.41 bits per heavy atom. The van der Waals surface area contributed by atoms with Crippen molar-refractivity contribution in [1.82, 2.24) is 0 Å². The number of hydrogen-bond acceptors (Lipinski definition) is 7. The van der Waals surface area contributed by atoms with Gasteiger partial charge in [-0.15, -0.1) is 0 Å². The van der Waals surface area contributed by atoms with E-state index in [1.165, 1.54) is 19.2 Å². The fourth-order valence-electron chi connectivity index (χ4n) is 2.50. The van der Waals surface area contributed by atoms with Crippen LogP contribution in [-0.2, 0) is 23.8 Å². The minimum atomic E-state index is -0.858. The van der Waals surface area contributed by atoms with Gasteiger partial charge in [0.2, 0.25) is 0 Å². The molecule has 0 N–H and O–H groups in total. The van der Waals surface area contributed by atoms with Crippen LogP contribution in [0.5, 0.6) is 0 Å². The molecule has 0 saturated carbocycles. The first-order chi connectivity index (χ1) is 14.0. The van der Waals surface area contributed by atoms with Crippen LogP contribution in [-0.4, -0.2) is 50.7 Å². The molecule has 0 aromatic heterocycles. The lowest BCUT2D eigenvalue weighted by Gasteiger charge is -2.21. The number of methoxy groups -OCH3 is 1. The maximum absolute atomic E-state index is 12.6. The normalized spacial score (nSPS) is 10.0. The van der Waals surface area contributed by atoms with E-state index in [-0.39, 0.29) is 24.3 Å². The van der Waals surface area contributed by atoms with E-state index in [9.17, 15) is 19.2 Å². The van der Waals surface area contributed by atoms with Crippen LogP contribution in [0.15, 0.2) is 54.6 Å². The molecular weight excluding hydrogens is 378 g/mol. The number of rotatable bonds is 8. The molecule has 0 aliphatic heterocycles. The summed E-state index contributed by atoms with van der Waals surface area (Å²) in [5.41, 5.74) is 0.458. The zero-order valence-corrected chi connectivity index (χ0v) is 16.1. The molecule has 8 heteroatoms. The third-order valence-corrected chi connectivity index (χ3v) is 3.84. The predicted molar refractivity (Wildman–Crippen MR) is 103 cm³/mol. The molecule has 2 rings (SSSR count). The van der Waals surface area contributed by atoms with Crippen molar-refractivity contribution in [2.75, 3.05) is 31.8 Å². The summed E-state index contributed by atoms with van der Waals surface area (Å²) in [4.78, 5) is 49.9. The third kappa shape index (κ3) is 5.90. The second-order valence-corrected chi connectivity index (χ2v) is 5.73. The quantitative estimate of drug-likeness (QED) is 0.496. The number of carbonyl (C=O) groups excluding carboxylic acids is 4. The van der Waals surface area contributed by atoms with Crippen LogP contribution in [0, 0.1) is 0 Å². The van der Waals surface area contributed by atoms with Gasteiger partial charge in [0.05, 0.1) is 24.8 Å². The molecule has 0 aliphatic carbocycles. The molecule has 1 amide bonds. The smallest absolute Gasteiger partial charge is 0.339 e. The van der Waals surface area contributed by atoms with Crippen LogP contribution in [0.1, 0.15) is 27.6 Å². The van der Waals surface area contributed by atoms with Crippen molar-refractivity contribution >= 4 is 29.5 Å². The number of carbonyl (C=O) groups is 4. The van der Waals surface area contributed by atoms with Gasteiger partial charge in [0, 0.05) is 5.69 Å². The van der Waals surface area contributed by atoms with Gasteiger partial charge in [-0.25, -0.2) is 9.59 Å². The van der Waals surface area contributed by atoms with Crippen molar-refractivity contribution < 1.29 is 33.4 Å². The fraction of sp³-hybridized carbons (Fsp3) is 0.238.